The summed E-state index contributed by atoms with van der Waals surface area (Å²) in [6.07, 6.45) is 0. The van der Waals surface area contributed by atoms with Crippen molar-refractivity contribution in [1.82, 2.24) is 15.4 Å². The van der Waals surface area contributed by atoms with Crippen molar-refractivity contribution in [2.75, 3.05) is 0 Å². The topological polar surface area (TPSA) is 101 Å². The smallest absolute Gasteiger partial charge is 0.266 e. The van der Waals surface area contributed by atoms with Crippen LogP contribution >= 0.6 is 0 Å². The molecule has 1 amide bonds. The Morgan fingerprint density at radius 3 is 2.41 bits per heavy atom. The van der Waals surface area contributed by atoms with Crippen molar-refractivity contribution in [2.45, 2.75) is 32.6 Å². The Hall–Kier alpha value is -2.19. The number of hydrogen-bond acceptors (Lipinski definition) is 5. The van der Waals surface area contributed by atoms with Crippen molar-refractivity contribution in [3.8, 4) is 0 Å². The molecule has 0 saturated carbocycles. The number of aryl methyl sites for hydroxylation is 4. The summed E-state index contributed by atoms with van der Waals surface area (Å²) in [5.41, 5.74) is 4.60. The molecular weight excluding hydrogens is 306 g/mol. The lowest BCUT2D eigenvalue weighted by Gasteiger charge is -2.10. The summed E-state index contributed by atoms with van der Waals surface area (Å²) in [6.45, 7) is 6.69. The SMILES string of the molecule is Cc1ccc(C(=O)NNS(=O)(=O)c2c(C)noc2C)c(C)c1. The molecule has 8 heteroatoms. The molecule has 0 atom stereocenters. The fourth-order valence-corrected chi connectivity index (χ4v) is 3.33. The Labute approximate surface area is 128 Å². The largest absolute Gasteiger partial charge is 0.360 e. The van der Waals surface area contributed by atoms with Crippen LogP contribution < -0.4 is 10.3 Å². The van der Waals surface area contributed by atoms with Crippen LogP contribution in [0, 0.1) is 27.7 Å². The third-order valence-electron chi connectivity index (χ3n) is 3.16. The molecule has 0 fully saturated rings. The number of benzene rings is 1. The summed E-state index contributed by atoms with van der Waals surface area (Å²) in [6, 6.07) is 5.27. The molecule has 1 heterocycles. The van der Waals surface area contributed by atoms with Gasteiger partial charge in [-0.3, -0.25) is 10.2 Å². The number of hydrogen-bond donors (Lipinski definition) is 2. The Bertz CT molecular complexity index is 805. The van der Waals surface area contributed by atoms with Crippen molar-refractivity contribution < 1.29 is 17.7 Å². The summed E-state index contributed by atoms with van der Waals surface area (Å²) in [7, 11) is -3.94. The molecule has 2 N–H and O–H groups in total. The Morgan fingerprint density at radius 2 is 1.86 bits per heavy atom. The zero-order chi connectivity index (χ0) is 16.5. The molecule has 2 rings (SSSR count). The van der Waals surface area contributed by atoms with Crippen molar-refractivity contribution in [3.05, 3.63) is 46.3 Å². The van der Waals surface area contributed by atoms with E-state index in [9.17, 15) is 13.2 Å². The van der Waals surface area contributed by atoms with Gasteiger partial charge >= 0.3 is 0 Å². The van der Waals surface area contributed by atoms with E-state index in [2.05, 4.69) is 15.4 Å². The molecule has 2 aromatic rings. The van der Waals surface area contributed by atoms with Crippen LogP contribution in [0.1, 0.15) is 32.9 Å². The standard InChI is InChI=1S/C14H17N3O4S/c1-8-5-6-12(9(2)7-8)14(18)15-17-22(19,20)13-10(3)16-21-11(13)4/h5-7,17H,1-4H3,(H,15,18). The van der Waals surface area contributed by atoms with Crippen LogP contribution in [0.3, 0.4) is 0 Å². The monoisotopic (exact) mass is 323 g/mol. The van der Waals surface area contributed by atoms with Crippen molar-refractivity contribution in [3.63, 3.8) is 0 Å². The van der Waals surface area contributed by atoms with E-state index in [0.29, 0.717) is 5.56 Å². The maximum Gasteiger partial charge on any atom is 0.266 e. The van der Waals surface area contributed by atoms with E-state index < -0.39 is 15.9 Å². The molecule has 0 radical (unpaired) electrons. The average molecular weight is 323 g/mol. The van der Waals surface area contributed by atoms with Gasteiger partial charge in [-0.1, -0.05) is 22.9 Å². The van der Waals surface area contributed by atoms with Gasteiger partial charge in [-0.05, 0) is 39.3 Å². The molecule has 0 aliphatic carbocycles. The molecule has 0 aliphatic heterocycles. The molecule has 0 spiro atoms. The van der Waals surface area contributed by atoms with Crippen LogP contribution in [0.15, 0.2) is 27.6 Å². The minimum absolute atomic E-state index is 0.0755. The maximum atomic E-state index is 12.2. The molecule has 118 valence electrons. The lowest BCUT2D eigenvalue weighted by Crippen LogP contribution is -2.42. The Morgan fingerprint density at radius 1 is 1.18 bits per heavy atom. The van der Waals surface area contributed by atoms with Crippen LogP contribution in [0.4, 0.5) is 0 Å². The van der Waals surface area contributed by atoms with Gasteiger partial charge in [0.05, 0.1) is 0 Å². The third kappa shape index (κ3) is 3.18. The quantitative estimate of drug-likeness (QED) is 0.831. The van der Waals surface area contributed by atoms with Gasteiger partial charge in [-0.25, -0.2) is 8.42 Å². The van der Waals surface area contributed by atoms with E-state index in [1.807, 2.05) is 13.0 Å². The van der Waals surface area contributed by atoms with Gasteiger partial charge in [0.1, 0.15) is 10.6 Å². The number of carbonyl (C=O) groups is 1. The first-order valence-corrected chi connectivity index (χ1v) is 8.03. The molecule has 0 bridgehead atoms. The van der Waals surface area contributed by atoms with E-state index in [1.165, 1.54) is 13.8 Å². The molecule has 1 aromatic heterocycles. The Kier molecular flexibility index (Phi) is 4.34. The van der Waals surface area contributed by atoms with Gasteiger partial charge in [0, 0.05) is 5.56 Å². The van der Waals surface area contributed by atoms with Crippen LogP contribution in [0.5, 0.6) is 0 Å². The molecule has 22 heavy (non-hydrogen) atoms. The van der Waals surface area contributed by atoms with Gasteiger partial charge in [0.2, 0.25) is 0 Å². The fourth-order valence-electron chi connectivity index (χ4n) is 2.16. The molecule has 0 aliphatic rings. The zero-order valence-electron chi connectivity index (χ0n) is 12.7. The lowest BCUT2D eigenvalue weighted by molar-refractivity contribution is 0.0944. The van der Waals surface area contributed by atoms with E-state index in [-0.39, 0.29) is 16.3 Å². The number of nitrogens with zero attached hydrogens (tertiary/aromatic N) is 1. The van der Waals surface area contributed by atoms with Crippen LogP contribution in [-0.4, -0.2) is 19.5 Å². The highest BCUT2D eigenvalue weighted by atomic mass is 32.2. The number of hydrazine groups is 1. The first kappa shape index (κ1) is 16.2. The number of aromatic nitrogens is 1. The predicted molar refractivity (Wildman–Crippen MR) is 79.7 cm³/mol. The van der Waals surface area contributed by atoms with E-state index in [4.69, 9.17) is 4.52 Å². The lowest BCUT2D eigenvalue weighted by atomic mass is 10.1. The van der Waals surface area contributed by atoms with Gasteiger partial charge in [0.25, 0.3) is 15.9 Å². The fraction of sp³-hybridized carbons (Fsp3) is 0.286. The van der Waals surface area contributed by atoms with Gasteiger partial charge < -0.3 is 4.52 Å². The third-order valence-corrected chi connectivity index (χ3v) is 4.65. The summed E-state index contributed by atoms with van der Waals surface area (Å²) in [5, 5.41) is 3.58. The first-order valence-electron chi connectivity index (χ1n) is 6.54. The second-order valence-electron chi connectivity index (χ2n) is 5.03. The molecule has 0 unspecified atom stereocenters. The average Bonchev–Trinajstić information content (AvgIpc) is 2.76. The van der Waals surface area contributed by atoms with Gasteiger partial charge in [-0.15, -0.1) is 4.83 Å². The van der Waals surface area contributed by atoms with Crippen LogP contribution in [0.25, 0.3) is 0 Å². The van der Waals surface area contributed by atoms with Gasteiger partial charge in [0.15, 0.2) is 5.76 Å². The highest BCUT2D eigenvalue weighted by Crippen LogP contribution is 2.18. The minimum Gasteiger partial charge on any atom is -0.360 e. The number of rotatable bonds is 4. The van der Waals surface area contributed by atoms with Crippen LogP contribution in [-0.2, 0) is 10.0 Å². The molecule has 1 aromatic carbocycles. The van der Waals surface area contributed by atoms with Gasteiger partial charge in [-0.2, -0.15) is 0 Å². The van der Waals surface area contributed by atoms with E-state index >= 15 is 0 Å². The number of amides is 1. The molecule has 7 nitrogen and oxygen atoms in total. The summed E-state index contributed by atoms with van der Waals surface area (Å²) < 4.78 is 29.2. The van der Waals surface area contributed by atoms with Crippen LogP contribution in [0.2, 0.25) is 0 Å². The predicted octanol–water partition coefficient (Wildman–Crippen LogP) is 1.53. The van der Waals surface area contributed by atoms with Crippen molar-refractivity contribution >= 4 is 15.9 Å². The van der Waals surface area contributed by atoms with Crippen molar-refractivity contribution in [2.24, 2.45) is 0 Å². The number of carbonyl (C=O) groups excluding carboxylic acids is 1. The maximum absolute atomic E-state index is 12.2. The number of nitrogens with one attached hydrogen (secondary N) is 2. The summed E-state index contributed by atoms with van der Waals surface area (Å²) in [4.78, 5) is 14.1. The second kappa shape index (κ2) is 5.90. The highest BCUT2D eigenvalue weighted by Gasteiger charge is 2.24. The highest BCUT2D eigenvalue weighted by molar-refractivity contribution is 7.89. The summed E-state index contributed by atoms with van der Waals surface area (Å²) >= 11 is 0. The minimum atomic E-state index is -3.94. The van der Waals surface area contributed by atoms with Crippen molar-refractivity contribution in [1.29, 1.82) is 0 Å². The van der Waals surface area contributed by atoms with E-state index in [1.54, 1.807) is 19.1 Å². The summed E-state index contributed by atoms with van der Waals surface area (Å²) in [5.74, 6) is -0.376. The first-order chi connectivity index (χ1) is 10.2. The normalized spacial score (nSPS) is 11.5. The second-order valence-corrected chi connectivity index (χ2v) is 6.65. The number of sulfonamides is 1. The zero-order valence-corrected chi connectivity index (χ0v) is 13.5. The Balaban J connectivity index is 2.17. The molecular formula is C14H17N3O4S. The van der Waals surface area contributed by atoms with E-state index in [0.717, 1.165) is 11.1 Å². The molecule has 0 saturated heterocycles.